The molecule has 0 unspecified atom stereocenters. The average Bonchev–Trinajstić information content (AvgIpc) is 3.28. The molecule has 0 radical (unpaired) electrons. The van der Waals surface area contributed by atoms with E-state index in [4.69, 9.17) is 0 Å². The molecule has 24 heavy (non-hydrogen) atoms. The van der Waals surface area contributed by atoms with Crippen molar-refractivity contribution in [3.8, 4) is 0 Å². The van der Waals surface area contributed by atoms with E-state index in [0.29, 0.717) is 12.8 Å². The standard InChI is InChI=1S/C19H22N2O2S/c22-18(14-16-9-6-12-24-16)20-17(13-15-7-2-1-3-8-15)19(23)21-10-4-5-11-21/h1-3,6-9,12,17H,4-5,10-11,13-14H2,(H,20,22)/t17-/m1/s1. The zero-order valence-electron chi connectivity index (χ0n) is 13.6. The summed E-state index contributed by atoms with van der Waals surface area (Å²) in [7, 11) is 0. The van der Waals surface area contributed by atoms with Crippen LogP contribution in [0.4, 0.5) is 0 Å². The summed E-state index contributed by atoms with van der Waals surface area (Å²) >= 11 is 1.56. The Labute approximate surface area is 146 Å². The molecular weight excluding hydrogens is 320 g/mol. The van der Waals surface area contributed by atoms with E-state index >= 15 is 0 Å². The Morgan fingerprint density at radius 3 is 2.50 bits per heavy atom. The number of nitrogens with one attached hydrogen (secondary N) is 1. The predicted octanol–water partition coefficient (Wildman–Crippen LogP) is 2.64. The van der Waals surface area contributed by atoms with E-state index in [2.05, 4.69) is 5.32 Å². The fraction of sp³-hybridized carbons (Fsp3) is 0.368. The van der Waals surface area contributed by atoms with Crippen molar-refractivity contribution in [1.82, 2.24) is 10.2 Å². The highest BCUT2D eigenvalue weighted by Gasteiger charge is 2.28. The molecule has 0 spiro atoms. The smallest absolute Gasteiger partial charge is 0.245 e. The summed E-state index contributed by atoms with van der Waals surface area (Å²) in [5.41, 5.74) is 1.06. The number of hydrogen-bond acceptors (Lipinski definition) is 3. The van der Waals surface area contributed by atoms with Crippen LogP contribution >= 0.6 is 11.3 Å². The minimum atomic E-state index is -0.488. The number of amides is 2. The molecule has 2 heterocycles. The number of likely N-dealkylation sites (tertiary alicyclic amines) is 1. The zero-order valence-corrected chi connectivity index (χ0v) is 14.4. The Kier molecular flexibility index (Phi) is 5.64. The molecule has 0 bridgehead atoms. The molecule has 1 aliphatic rings. The summed E-state index contributed by atoms with van der Waals surface area (Å²) in [5.74, 6) is -0.0539. The van der Waals surface area contributed by atoms with E-state index < -0.39 is 6.04 Å². The number of carbonyl (C=O) groups is 2. The van der Waals surface area contributed by atoms with Gasteiger partial charge in [-0.3, -0.25) is 9.59 Å². The van der Waals surface area contributed by atoms with Crippen molar-refractivity contribution in [2.45, 2.75) is 31.7 Å². The van der Waals surface area contributed by atoms with Gasteiger partial charge in [0, 0.05) is 24.4 Å². The minimum absolute atomic E-state index is 0.0379. The highest BCUT2D eigenvalue weighted by atomic mass is 32.1. The van der Waals surface area contributed by atoms with Crippen LogP contribution in [0, 0.1) is 0 Å². The molecule has 0 saturated carbocycles. The molecule has 1 saturated heterocycles. The summed E-state index contributed by atoms with van der Waals surface area (Å²) in [6, 6.07) is 13.3. The second kappa shape index (κ2) is 8.11. The number of rotatable bonds is 6. The van der Waals surface area contributed by atoms with Gasteiger partial charge in [-0.25, -0.2) is 0 Å². The third-order valence-electron chi connectivity index (χ3n) is 4.25. The normalized spacial score (nSPS) is 15.2. The Bertz CT molecular complexity index is 664. The molecule has 126 valence electrons. The molecule has 0 aliphatic carbocycles. The van der Waals surface area contributed by atoms with Crippen molar-refractivity contribution < 1.29 is 9.59 Å². The first-order valence-corrected chi connectivity index (χ1v) is 9.25. The van der Waals surface area contributed by atoms with Gasteiger partial charge in [0.05, 0.1) is 6.42 Å². The quantitative estimate of drug-likeness (QED) is 0.877. The van der Waals surface area contributed by atoms with Crippen molar-refractivity contribution in [3.05, 3.63) is 58.3 Å². The molecule has 1 aliphatic heterocycles. The van der Waals surface area contributed by atoms with Gasteiger partial charge in [-0.15, -0.1) is 11.3 Å². The molecular formula is C19H22N2O2S. The van der Waals surface area contributed by atoms with Crippen LogP contribution in [0.15, 0.2) is 47.8 Å². The maximum absolute atomic E-state index is 12.8. The Hall–Kier alpha value is -2.14. The van der Waals surface area contributed by atoms with Crippen LogP contribution in [0.25, 0.3) is 0 Å². The summed E-state index contributed by atoms with van der Waals surface area (Å²) in [5, 5.41) is 4.91. The van der Waals surface area contributed by atoms with Crippen molar-refractivity contribution in [3.63, 3.8) is 0 Å². The van der Waals surface area contributed by atoms with Crippen LogP contribution in [0.5, 0.6) is 0 Å². The van der Waals surface area contributed by atoms with Gasteiger partial charge in [-0.05, 0) is 29.9 Å². The average molecular weight is 342 g/mol. The lowest BCUT2D eigenvalue weighted by atomic mass is 10.0. The van der Waals surface area contributed by atoms with Crippen LogP contribution in [-0.2, 0) is 22.4 Å². The molecule has 4 nitrogen and oxygen atoms in total. The summed E-state index contributed by atoms with van der Waals surface area (Å²) in [6.07, 6.45) is 2.96. The van der Waals surface area contributed by atoms with E-state index in [1.165, 1.54) is 0 Å². The number of thiophene rings is 1. The predicted molar refractivity (Wildman–Crippen MR) is 95.9 cm³/mol. The topological polar surface area (TPSA) is 49.4 Å². The van der Waals surface area contributed by atoms with Gasteiger partial charge in [-0.1, -0.05) is 36.4 Å². The number of hydrogen-bond donors (Lipinski definition) is 1. The maximum atomic E-state index is 12.8. The molecule has 1 N–H and O–H groups in total. The van der Waals surface area contributed by atoms with Crippen molar-refractivity contribution in [1.29, 1.82) is 0 Å². The molecule has 2 aromatic rings. The van der Waals surface area contributed by atoms with Gasteiger partial charge in [-0.2, -0.15) is 0 Å². The highest BCUT2D eigenvalue weighted by Crippen LogP contribution is 2.13. The lowest BCUT2D eigenvalue weighted by molar-refractivity contribution is -0.135. The van der Waals surface area contributed by atoms with Gasteiger partial charge < -0.3 is 10.2 Å². The molecule has 2 amide bonds. The molecule has 3 rings (SSSR count). The first-order chi connectivity index (χ1) is 11.7. The third kappa shape index (κ3) is 4.45. The van der Waals surface area contributed by atoms with Crippen LogP contribution in [-0.4, -0.2) is 35.8 Å². The van der Waals surface area contributed by atoms with Crippen LogP contribution < -0.4 is 5.32 Å². The van der Waals surface area contributed by atoms with Gasteiger partial charge in [0.25, 0.3) is 0 Å². The SMILES string of the molecule is O=C(Cc1cccs1)N[C@H](Cc1ccccc1)C(=O)N1CCCC1. The molecule has 1 atom stereocenters. The van der Waals surface area contributed by atoms with Gasteiger partial charge in [0.1, 0.15) is 6.04 Å². The minimum Gasteiger partial charge on any atom is -0.344 e. The maximum Gasteiger partial charge on any atom is 0.245 e. The van der Waals surface area contributed by atoms with Crippen molar-refractivity contribution >= 4 is 23.2 Å². The number of carbonyl (C=O) groups excluding carboxylic acids is 2. The van der Waals surface area contributed by atoms with E-state index in [9.17, 15) is 9.59 Å². The van der Waals surface area contributed by atoms with Crippen LogP contribution in [0.3, 0.4) is 0 Å². The zero-order chi connectivity index (χ0) is 16.8. The summed E-state index contributed by atoms with van der Waals surface area (Å²) in [6.45, 7) is 1.59. The lowest BCUT2D eigenvalue weighted by Gasteiger charge is -2.24. The molecule has 1 aromatic heterocycles. The summed E-state index contributed by atoms with van der Waals surface area (Å²) < 4.78 is 0. The lowest BCUT2D eigenvalue weighted by Crippen LogP contribution is -2.49. The van der Waals surface area contributed by atoms with Crippen LogP contribution in [0.2, 0.25) is 0 Å². The van der Waals surface area contributed by atoms with E-state index in [0.717, 1.165) is 36.4 Å². The Balaban J connectivity index is 1.68. The molecule has 1 fully saturated rings. The van der Waals surface area contributed by atoms with E-state index in [1.54, 1.807) is 11.3 Å². The molecule has 1 aromatic carbocycles. The number of benzene rings is 1. The van der Waals surface area contributed by atoms with Gasteiger partial charge in [0.15, 0.2) is 0 Å². The highest BCUT2D eigenvalue weighted by molar-refractivity contribution is 7.10. The Morgan fingerprint density at radius 2 is 1.83 bits per heavy atom. The monoisotopic (exact) mass is 342 g/mol. The van der Waals surface area contributed by atoms with Crippen molar-refractivity contribution in [2.24, 2.45) is 0 Å². The largest absolute Gasteiger partial charge is 0.344 e. The van der Waals surface area contributed by atoms with E-state index in [1.807, 2.05) is 52.7 Å². The van der Waals surface area contributed by atoms with Gasteiger partial charge >= 0.3 is 0 Å². The van der Waals surface area contributed by atoms with Crippen LogP contribution in [0.1, 0.15) is 23.3 Å². The second-order valence-corrected chi connectivity index (χ2v) is 7.13. The number of nitrogens with zero attached hydrogens (tertiary/aromatic N) is 1. The van der Waals surface area contributed by atoms with Crippen molar-refractivity contribution in [2.75, 3.05) is 13.1 Å². The fourth-order valence-electron chi connectivity index (χ4n) is 3.02. The molecule has 5 heteroatoms. The Morgan fingerprint density at radius 1 is 1.08 bits per heavy atom. The van der Waals surface area contributed by atoms with Gasteiger partial charge in [0.2, 0.25) is 11.8 Å². The van der Waals surface area contributed by atoms with E-state index in [-0.39, 0.29) is 11.8 Å². The fourth-order valence-corrected chi connectivity index (χ4v) is 3.73. The first-order valence-electron chi connectivity index (χ1n) is 8.37. The second-order valence-electron chi connectivity index (χ2n) is 6.10. The third-order valence-corrected chi connectivity index (χ3v) is 5.12. The first kappa shape index (κ1) is 16.7. The summed E-state index contributed by atoms with van der Waals surface area (Å²) in [4.78, 5) is 28.0.